The molecule has 0 N–H and O–H groups in total. The number of piperazine rings is 1. The molecule has 2 aliphatic rings. The summed E-state index contributed by atoms with van der Waals surface area (Å²) < 4.78 is 1.88. The highest BCUT2D eigenvalue weighted by Crippen LogP contribution is 2.49. The predicted octanol–water partition coefficient (Wildman–Crippen LogP) is 4.40. The Labute approximate surface area is 238 Å². The molecule has 0 unspecified atom stereocenters. The molecule has 0 bridgehead atoms. The number of hydrogen-bond donors (Lipinski definition) is 0. The molecule has 0 spiro atoms. The van der Waals surface area contributed by atoms with Crippen molar-refractivity contribution in [3.05, 3.63) is 63.5 Å². The quantitative estimate of drug-likeness (QED) is 0.469. The molecule has 1 atom stereocenters. The lowest BCUT2D eigenvalue weighted by Crippen LogP contribution is -2.53. The van der Waals surface area contributed by atoms with Crippen molar-refractivity contribution in [2.45, 2.75) is 45.3 Å². The van der Waals surface area contributed by atoms with Crippen LogP contribution in [-0.4, -0.2) is 75.8 Å². The van der Waals surface area contributed by atoms with Crippen LogP contribution in [0.3, 0.4) is 0 Å². The van der Waals surface area contributed by atoms with Crippen LogP contribution < -0.4 is 4.90 Å². The van der Waals surface area contributed by atoms with E-state index < -0.39 is 0 Å². The number of fused-ring (bicyclic) bond motifs is 1. The molecule has 2 aliphatic heterocycles. The Hall–Kier alpha value is -3.11. The Morgan fingerprint density at radius 3 is 2.36 bits per heavy atom. The highest BCUT2D eigenvalue weighted by molar-refractivity contribution is 8.00. The van der Waals surface area contributed by atoms with Crippen LogP contribution in [0.25, 0.3) is 5.69 Å². The molecule has 10 heteroatoms. The summed E-state index contributed by atoms with van der Waals surface area (Å²) in [5.74, 6) is 0.730. The van der Waals surface area contributed by atoms with Crippen molar-refractivity contribution < 1.29 is 14.4 Å². The molecular formula is C29H35N5O3S2. The van der Waals surface area contributed by atoms with E-state index in [-0.39, 0.29) is 40.7 Å². The lowest BCUT2D eigenvalue weighted by atomic mass is 9.87. The first-order valence-electron chi connectivity index (χ1n) is 13.2. The summed E-state index contributed by atoms with van der Waals surface area (Å²) in [6, 6.07) is 10.1. The van der Waals surface area contributed by atoms with Gasteiger partial charge in [-0.3, -0.25) is 19.3 Å². The number of aromatic nitrogens is 2. The van der Waals surface area contributed by atoms with Crippen LogP contribution in [0.1, 0.15) is 55.3 Å². The maximum absolute atomic E-state index is 13.8. The summed E-state index contributed by atoms with van der Waals surface area (Å²) in [6.45, 7) is 11.9. The maximum atomic E-state index is 13.8. The maximum Gasteiger partial charge on any atom is 0.242 e. The summed E-state index contributed by atoms with van der Waals surface area (Å²) >= 11 is 3.24. The highest BCUT2D eigenvalue weighted by atomic mass is 32.2. The predicted molar refractivity (Wildman–Crippen MR) is 157 cm³/mol. The number of para-hydroxylation sites is 1. The van der Waals surface area contributed by atoms with Gasteiger partial charge in [0, 0.05) is 44.1 Å². The summed E-state index contributed by atoms with van der Waals surface area (Å²) in [4.78, 5) is 44.4. The molecule has 0 aliphatic carbocycles. The number of hydrogen-bond acceptors (Lipinski definition) is 6. The monoisotopic (exact) mass is 565 g/mol. The summed E-state index contributed by atoms with van der Waals surface area (Å²) in [5.41, 5.74) is 4.69. The fourth-order valence-electron chi connectivity index (χ4n) is 5.24. The third-order valence-corrected chi connectivity index (χ3v) is 9.32. The van der Waals surface area contributed by atoms with Crippen molar-refractivity contribution >= 4 is 46.6 Å². The number of amides is 3. The van der Waals surface area contributed by atoms with E-state index in [2.05, 4.69) is 37.6 Å². The van der Waals surface area contributed by atoms with Gasteiger partial charge in [0.25, 0.3) is 0 Å². The number of anilines is 1. The van der Waals surface area contributed by atoms with Crippen LogP contribution in [0.2, 0.25) is 0 Å². The molecule has 0 radical (unpaired) electrons. The van der Waals surface area contributed by atoms with Gasteiger partial charge in [0.05, 0.1) is 22.4 Å². The molecule has 8 nitrogen and oxygen atoms in total. The number of benzene rings is 1. The average Bonchev–Trinajstić information content (AvgIpc) is 3.54. The summed E-state index contributed by atoms with van der Waals surface area (Å²) in [5, 5.41) is 9.29. The number of thioether (sulfide) groups is 1. The number of carbonyl (C=O) groups excluding carboxylic acids is 3. The second kappa shape index (κ2) is 10.8. The van der Waals surface area contributed by atoms with Gasteiger partial charge in [0.15, 0.2) is 0 Å². The van der Waals surface area contributed by atoms with E-state index in [0.717, 1.165) is 28.1 Å². The van der Waals surface area contributed by atoms with Gasteiger partial charge in [0.1, 0.15) is 12.4 Å². The van der Waals surface area contributed by atoms with Gasteiger partial charge in [0.2, 0.25) is 17.7 Å². The Morgan fingerprint density at radius 2 is 1.74 bits per heavy atom. The normalized spacial score (nSPS) is 18.2. The SMILES string of the molecule is CC(=O)N1CCN(C(=O)CN2C(=O)CS[C@H](c3ccsc3)c3c(C(C)(C)C)nn(-c4ccccc4C)c32)CC1. The van der Waals surface area contributed by atoms with E-state index in [1.54, 1.807) is 44.7 Å². The van der Waals surface area contributed by atoms with Crippen molar-refractivity contribution in [1.82, 2.24) is 19.6 Å². The van der Waals surface area contributed by atoms with Crippen LogP contribution in [0.4, 0.5) is 5.82 Å². The van der Waals surface area contributed by atoms with E-state index in [1.807, 2.05) is 35.9 Å². The number of nitrogens with zero attached hydrogens (tertiary/aromatic N) is 5. The number of carbonyl (C=O) groups is 3. The minimum absolute atomic E-state index is 0.0165. The molecule has 3 aromatic rings. The van der Waals surface area contributed by atoms with Crippen LogP contribution in [0.5, 0.6) is 0 Å². The van der Waals surface area contributed by atoms with Gasteiger partial charge < -0.3 is 9.80 Å². The zero-order chi connectivity index (χ0) is 27.9. The standard InChI is InChI=1S/C29H35N5O3S2/c1-19-8-6-7-9-22(19)34-28-25(27(30-34)29(3,4)5)26(21-10-15-38-17-21)39-18-24(37)33(28)16-23(36)32-13-11-31(12-14-32)20(2)35/h6-10,15,17,26H,11-14,16,18H2,1-5H3/t26-/m1/s1. The minimum atomic E-state index is -0.293. The van der Waals surface area contributed by atoms with Crippen LogP contribution >= 0.6 is 23.1 Å². The third-order valence-electron chi connectivity index (χ3n) is 7.36. The molecule has 39 heavy (non-hydrogen) atoms. The van der Waals surface area contributed by atoms with Gasteiger partial charge in [-0.25, -0.2) is 4.68 Å². The molecule has 1 aromatic carbocycles. The lowest BCUT2D eigenvalue weighted by molar-refractivity contribution is -0.137. The molecule has 1 fully saturated rings. The van der Waals surface area contributed by atoms with Gasteiger partial charge in [-0.15, -0.1) is 11.8 Å². The minimum Gasteiger partial charge on any atom is -0.339 e. The first-order valence-corrected chi connectivity index (χ1v) is 15.2. The van der Waals surface area contributed by atoms with E-state index in [4.69, 9.17) is 5.10 Å². The Balaban J connectivity index is 1.64. The summed E-state index contributed by atoms with van der Waals surface area (Å²) in [7, 11) is 0. The Morgan fingerprint density at radius 1 is 1.05 bits per heavy atom. The van der Waals surface area contributed by atoms with Crippen molar-refractivity contribution in [3.8, 4) is 5.69 Å². The molecule has 1 saturated heterocycles. The van der Waals surface area contributed by atoms with Crippen molar-refractivity contribution in [2.24, 2.45) is 0 Å². The second-order valence-corrected chi connectivity index (χ2v) is 13.0. The fraction of sp³-hybridized carbons (Fsp3) is 0.448. The Kier molecular flexibility index (Phi) is 7.61. The molecule has 3 amide bonds. The zero-order valence-electron chi connectivity index (χ0n) is 23.1. The van der Waals surface area contributed by atoms with E-state index >= 15 is 0 Å². The van der Waals surface area contributed by atoms with Crippen molar-refractivity contribution in [3.63, 3.8) is 0 Å². The number of rotatable bonds is 4. The molecular weight excluding hydrogens is 530 g/mol. The van der Waals surface area contributed by atoms with E-state index in [0.29, 0.717) is 32.0 Å². The van der Waals surface area contributed by atoms with Gasteiger partial charge in [-0.2, -0.15) is 16.4 Å². The lowest BCUT2D eigenvalue weighted by Gasteiger charge is -2.35. The average molecular weight is 566 g/mol. The number of aryl methyl sites for hydroxylation is 1. The largest absolute Gasteiger partial charge is 0.339 e. The second-order valence-electron chi connectivity index (χ2n) is 11.1. The fourth-order valence-corrected chi connectivity index (χ4v) is 7.20. The van der Waals surface area contributed by atoms with Gasteiger partial charge >= 0.3 is 0 Å². The van der Waals surface area contributed by atoms with E-state index in [9.17, 15) is 14.4 Å². The Bertz CT molecular complexity index is 1380. The van der Waals surface area contributed by atoms with Gasteiger partial charge in [-0.05, 0) is 40.9 Å². The summed E-state index contributed by atoms with van der Waals surface area (Å²) in [6.07, 6.45) is 0. The topological polar surface area (TPSA) is 78.8 Å². The first kappa shape index (κ1) is 27.5. The smallest absolute Gasteiger partial charge is 0.242 e. The molecule has 4 heterocycles. The van der Waals surface area contributed by atoms with E-state index in [1.165, 1.54) is 0 Å². The van der Waals surface area contributed by atoms with Crippen LogP contribution in [0, 0.1) is 6.92 Å². The van der Waals surface area contributed by atoms with Gasteiger partial charge in [-0.1, -0.05) is 39.0 Å². The highest BCUT2D eigenvalue weighted by Gasteiger charge is 2.40. The molecule has 2 aromatic heterocycles. The first-order chi connectivity index (χ1) is 18.6. The van der Waals surface area contributed by atoms with Crippen LogP contribution in [-0.2, 0) is 19.8 Å². The zero-order valence-corrected chi connectivity index (χ0v) is 24.8. The van der Waals surface area contributed by atoms with Crippen molar-refractivity contribution in [2.75, 3.05) is 43.4 Å². The molecule has 5 rings (SSSR count). The van der Waals surface area contributed by atoms with Crippen LogP contribution in [0.15, 0.2) is 41.1 Å². The molecule has 206 valence electrons. The van der Waals surface area contributed by atoms with Crippen molar-refractivity contribution in [1.29, 1.82) is 0 Å². The number of thiophene rings is 1. The molecule has 0 saturated carbocycles. The third kappa shape index (κ3) is 5.36.